The fraction of sp³-hybridized carbons (Fsp3) is 0.269. The molecule has 0 saturated carbocycles. The van der Waals surface area contributed by atoms with Gasteiger partial charge in [0.15, 0.2) is 9.84 Å². The maximum absolute atomic E-state index is 12.3. The molecule has 0 aliphatic carbocycles. The lowest BCUT2D eigenvalue weighted by Crippen LogP contribution is -2.13. The molecule has 5 rings (SSSR count). The number of benzene rings is 1. The average Bonchev–Trinajstić information content (AvgIpc) is 3.58. The van der Waals surface area contributed by atoms with Crippen LogP contribution in [0.5, 0.6) is 0 Å². The van der Waals surface area contributed by atoms with Gasteiger partial charge in [-0.1, -0.05) is 29.8 Å². The Morgan fingerprint density at radius 2 is 2.03 bits per heavy atom. The zero-order valence-electron chi connectivity index (χ0n) is 19.6. The second kappa shape index (κ2) is 10.2. The monoisotopic (exact) mass is 541 g/mol. The number of methoxy groups -OCH3 is 1. The molecule has 1 unspecified atom stereocenters. The minimum absolute atomic E-state index is 0.0586. The third kappa shape index (κ3) is 5.09. The lowest BCUT2D eigenvalue weighted by atomic mass is 9.99. The van der Waals surface area contributed by atoms with Crippen molar-refractivity contribution >= 4 is 38.7 Å². The average molecular weight is 542 g/mol. The van der Waals surface area contributed by atoms with Gasteiger partial charge in [0, 0.05) is 11.8 Å². The minimum Gasteiger partial charge on any atom is -0.465 e. The lowest BCUT2D eigenvalue weighted by molar-refractivity contribution is 0.0600. The van der Waals surface area contributed by atoms with Crippen LogP contribution in [0.25, 0.3) is 22.0 Å². The first-order valence-electron chi connectivity index (χ1n) is 11.5. The molecule has 1 aromatic carbocycles. The number of thiophene rings is 1. The molecule has 0 spiro atoms. The highest BCUT2D eigenvalue weighted by Crippen LogP contribution is 2.40. The smallest absolute Gasteiger partial charge is 0.337 e. The molecule has 3 aromatic heterocycles. The van der Waals surface area contributed by atoms with E-state index < -0.39 is 9.84 Å². The summed E-state index contributed by atoms with van der Waals surface area (Å²) in [5.74, 6) is -0.171. The maximum atomic E-state index is 12.3. The summed E-state index contributed by atoms with van der Waals surface area (Å²) in [6.07, 6.45) is 3.49. The molecule has 186 valence electrons. The van der Waals surface area contributed by atoms with Crippen molar-refractivity contribution in [3.63, 3.8) is 0 Å². The van der Waals surface area contributed by atoms with Gasteiger partial charge in [0.2, 0.25) is 0 Å². The Balaban J connectivity index is 1.62. The lowest BCUT2D eigenvalue weighted by Gasteiger charge is -2.14. The van der Waals surface area contributed by atoms with E-state index in [9.17, 15) is 13.2 Å². The number of halogens is 1. The molecule has 1 atom stereocenters. The highest BCUT2D eigenvalue weighted by atomic mass is 35.5. The van der Waals surface area contributed by atoms with E-state index in [1.54, 1.807) is 12.3 Å². The number of esters is 1. The Hall–Kier alpha value is -3.01. The van der Waals surface area contributed by atoms with Gasteiger partial charge in [-0.2, -0.15) is 5.10 Å². The first-order chi connectivity index (χ1) is 17.3. The number of sulfone groups is 1. The van der Waals surface area contributed by atoms with E-state index in [4.69, 9.17) is 21.4 Å². The number of nitrogens with zero attached hydrogens (tertiary/aromatic N) is 3. The molecule has 0 radical (unpaired) electrons. The van der Waals surface area contributed by atoms with E-state index >= 15 is 0 Å². The van der Waals surface area contributed by atoms with Gasteiger partial charge in [-0.15, -0.1) is 11.3 Å². The number of rotatable bonds is 7. The van der Waals surface area contributed by atoms with Crippen LogP contribution >= 0.6 is 22.9 Å². The fourth-order valence-corrected chi connectivity index (χ4v) is 7.39. The molecule has 1 aliphatic rings. The van der Waals surface area contributed by atoms with E-state index in [1.165, 1.54) is 18.4 Å². The second-order valence-corrected chi connectivity index (χ2v) is 12.6. The van der Waals surface area contributed by atoms with Crippen molar-refractivity contribution in [2.24, 2.45) is 0 Å². The van der Waals surface area contributed by atoms with E-state index in [1.807, 2.05) is 53.2 Å². The van der Waals surface area contributed by atoms with Crippen molar-refractivity contribution in [2.75, 3.05) is 18.6 Å². The summed E-state index contributed by atoms with van der Waals surface area (Å²) >= 11 is 7.76. The molecule has 7 nitrogen and oxygen atoms in total. The minimum atomic E-state index is -3.12. The standard InChI is InChI=1S/C26H24ClN3O4S2/c1-34-26(31)18-6-4-5-17(15-18)8-9-20-24(21-7-2-3-13-28-21)29-30(19-12-14-36(32,33)16-19)25(20)22-10-11-23(27)35-22/h2-7,10-11,13,15,19H,8-9,12,14,16H2,1H3. The Kier molecular flexibility index (Phi) is 6.96. The van der Waals surface area contributed by atoms with Gasteiger partial charge in [-0.05, 0) is 61.2 Å². The van der Waals surface area contributed by atoms with Crippen molar-refractivity contribution in [3.05, 3.63) is 81.8 Å². The van der Waals surface area contributed by atoms with Gasteiger partial charge in [0.05, 0.1) is 50.8 Å². The first kappa shape index (κ1) is 24.7. The molecule has 1 fully saturated rings. The number of pyridine rings is 1. The summed E-state index contributed by atoms with van der Waals surface area (Å²) < 4.78 is 32.1. The van der Waals surface area contributed by atoms with Crippen LogP contribution in [0.4, 0.5) is 0 Å². The zero-order valence-corrected chi connectivity index (χ0v) is 21.9. The van der Waals surface area contributed by atoms with Crippen LogP contribution in [-0.2, 0) is 27.4 Å². The summed E-state index contributed by atoms with van der Waals surface area (Å²) in [5, 5.41) is 4.96. The third-order valence-electron chi connectivity index (χ3n) is 6.29. The summed E-state index contributed by atoms with van der Waals surface area (Å²) in [6.45, 7) is 0. The van der Waals surface area contributed by atoms with Crippen LogP contribution in [0.3, 0.4) is 0 Å². The molecular weight excluding hydrogens is 518 g/mol. The molecule has 4 heterocycles. The topological polar surface area (TPSA) is 91.2 Å². The predicted octanol–water partition coefficient (Wildman–Crippen LogP) is 5.26. The Morgan fingerprint density at radius 3 is 2.69 bits per heavy atom. The van der Waals surface area contributed by atoms with Crippen molar-refractivity contribution < 1.29 is 17.9 Å². The van der Waals surface area contributed by atoms with Crippen LogP contribution in [0.15, 0.2) is 60.8 Å². The molecule has 36 heavy (non-hydrogen) atoms. The summed E-state index contributed by atoms with van der Waals surface area (Å²) in [6, 6.07) is 16.6. The summed E-state index contributed by atoms with van der Waals surface area (Å²) in [7, 11) is -1.75. The van der Waals surface area contributed by atoms with Gasteiger partial charge >= 0.3 is 5.97 Å². The first-order valence-corrected chi connectivity index (χ1v) is 14.5. The zero-order chi connectivity index (χ0) is 25.3. The molecular formula is C26H24ClN3O4S2. The number of hydrogen-bond acceptors (Lipinski definition) is 7. The van der Waals surface area contributed by atoms with E-state index in [-0.39, 0.29) is 23.5 Å². The van der Waals surface area contributed by atoms with E-state index in [2.05, 4.69) is 4.98 Å². The van der Waals surface area contributed by atoms with Gasteiger partial charge in [0.1, 0.15) is 5.69 Å². The van der Waals surface area contributed by atoms with Crippen molar-refractivity contribution in [3.8, 4) is 22.0 Å². The van der Waals surface area contributed by atoms with Gasteiger partial charge in [0.25, 0.3) is 0 Å². The van der Waals surface area contributed by atoms with Crippen molar-refractivity contribution in [1.29, 1.82) is 0 Å². The maximum Gasteiger partial charge on any atom is 0.337 e. The van der Waals surface area contributed by atoms with Crippen LogP contribution in [0.1, 0.15) is 33.9 Å². The van der Waals surface area contributed by atoms with Crippen molar-refractivity contribution in [1.82, 2.24) is 14.8 Å². The predicted molar refractivity (Wildman–Crippen MR) is 141 cm³/mol. The summed E-state index contributed by atoms with van der Waals surface area (Å²) in [5.41, 5.74) is 4.77. The van der Waals surface area contributed by atoms with Crippen LogP contribution < -0.4 is 0 Å². The quantitative estimate of drug-likeness (QED) is 0.296. The highest BCUT2D eigenvalue weighted by molar-refractivity contribution is 7.91. The van der Waals surface area contributed by atoms with E-state index in [0.717, 1.165) is 33.1 Å². The van der Waals surface area contributed by atoms with Crippen LogP contribution in [0, 0.1) is 0 Å². The Morgan fingerprint density at radius 1 is 1.17 bits per heavy atom. The highest BCUT2D eigenvalue weighted by Gasteiger charge is 2.34. The second-order valence-electron chi connectivity index (χ2n) is 8.69. The number of hydrogen-bond donors (Lipinski definition) is 0. The number of aryl methyl sites for hydroxylation is 1. The molecule has 0 bridgehead atoms. The molecule has 0 amide bonds. The van der Waals surface area contributed by atoms with Crippen LogP contribution in [-0.4, -0.2) is 47.8 Å². The van der Waals surface area contributed by atoms with Crippen molar-refractivity contribution in [2.45, 2.75) is 25.3 Å². The Bertz CT molecular complexity index is 1510. The molecule has 1 aliphatic heterocycles. The van der Waals surface area contributed by atoms with Crippen LogP contribution in [0.2, 0.25) is 4.34 Å². The summed E-state index contributed by atoms with van der Waals surface area (Å²) in [4.78, 5) is 17.5. The largest absolute Gasteiger partial charge is 0.465 e. The SMILES string of the molecule is COC(=O)c1cccc(CCc2c(-c3ccccn3)nn(C3CCS(=O)(=O)C3)c2-c2ccc(Cl)s2)c1. The fourth-order valence-electron chi connectivity index (χ4n) is 4.59. The number of carbonyl (C=O) groups excluding carboxylic acids is 1. The number of carbonyl (C=O) groups is 1. The number of aromatic nitrogens is 3. The molecule has 4 aromatic rings. The normalized spacial score (nSPS) is 16.8. The van der Waals surface area contributed by atoms with Gasteiger partial charge in [-0.3, -0.25) is 9.67 Å². The molecule has 0 N–H and O–H groups in total. The molecule has 10 heteroatoms. The number of ether oxygens (including phenoxy) is 1. The third-order valence-corrected chi connectivity index (χ3v) is 9.28. The van der Waals surface area contributed by atoms with Gasteiger partial charge in [-0.25, -0.2) is 13.2 Å². The Labute approximate surface area is 218 Å². The molecule has 1 saturated heterocycles. The van der Waals surface area contributed by atoms with Gasteiger partial charge < -0.3 is 4.74 Å². The van der Waals surface area contributed by atoms with E-state index in [0.29, 0.717) is 29.2 Å².